The summed E-state index contributed by atoms with van der Waals surface area (Å²) < 4.78 is 24.8. The summed E-state index contributed by atoms with van der Waals surface area (Å²) >= 11 is 0. The number of nitrogens with one attached hydrogen (secondary N) is 1. The molecular weight excluding hydrogens is 308 g/mol. The minimum Gasteiger partial charge on any atom is -0.368 e. The van der Waals surface area contributed by atoms with Crippen LogP contribution in [0.4, 0.5) is 5.69 Å². The number of nitrogens with two attached hydrogens (primary N) is 1. The third-order valence-electron chi connectivity index (χ3n) is 3.57. The zero-order valence-corrected chi connectivity index (χ0v) is 12.5. The molecule has 0 bridgehead atoms. The minimum absolute atomic E-state index is 0.142. The molecule has 0 spiro atoms. The molecule has 22 heavy (non-hydrogen) atoms. The topological polar surface area (TPSA) is 122 Å². The number of hydrogen-bond donors (Lipinski definition) is 2. The van der Waals surface area contributed by atoms with E-state index in [2.05, 4.69) is 21.6 Å². The number of fused-ring (bicyclic) bond motifs is 1. The summed E-state index contributed by atoms with van der Waals surface area (Å²) in [5.41, 5.74) is 5.68. The number of allylic oxidation sites excluding steroid dienone is 2. The summed E-state index contributed by atoms with van der Waals surface area (Å²) in [6.07, 6.45) is 10.2. The number of H-pyrrole nitrogens is 1. The zero-order valence-electron chi connectivity index (χ0n) is 11.7. The second-order valence-electron chi connectivity index (χ2n) is 4.74. The van der Waals surface area contributed by atoms with Gasteiger partial charge in [-0.25, -0.2) is 0 Å². The second-order valence-corrected chi connectivity index (χ2v) is 7.03. The molecule has 2 atom stereocenters. The first kappa shape index (κ1) is 14.5. The van der Waals surface area contributed by atoms with Crippen LogP contribution in [0.5, 0.6) is 0 Å². The fourth-order valence-electron chi connectivity index (χ4n) is 2.45. The van der Waals surface area contributed by atoms with Crippen molar-refractivity contribution in [2.24, 2.45) is 10.8 Å². The van der Waals surface area contributed by atoms with Gasteiger partial charge in [0.05, 0.1) is 11.9 Å². The van der Waals surface area contributed by atoms with Crippen LogP contribution < -0.4 is 9.62 Å². The number of aromatic nitrogens is 2. The number of quaternary nitrogens is 1. The maximum Gasteiger partial charge on any atom is 0.359 e. The van der Waals surface area contributed by atoms with Crippen LogP contribution in [0.25, 0.3) is 0 Å². The molecule has 3 heterocycles. The number of rotatable bonds is 4. The Morgan fingerprint density at radius 2 is 2.36 bits per heavy atom. The molecule has 3 rings (SSSR count). The fraction of sp³-hybridized carbons (Fsp3) is 0.250. The Labute approximate surface area is 127 Å². The number of carbonyl (C=O) groups is 1. The lowest BCUT2D eigenvalue weighted by molar-refractivity contribution is -0.121. The van der Waals surface area contributed by atoms with E-state index in [9.17, 15) is 13.2 Å². The van der Waals surface area contributed by atoms with E-state index in [1.807, 2.05) is 0 Å². The molecular formula is C12H14N6O3S+. The molecule has 1 radical (unpaired) electrons. The van der Waals surface area contributed by atoms with Crippen LogP contribution in [0.2, 0.25) is 0 Å². The Balaban J connectivity index is 2.23. The third kappa shape index (κ3) is 1.74. The molecule has 0 aromatic carbocycles. The van der Waals surface area contributed by atoms with Crippen molar-refractivity contribution >= 4 is 28.0 Å². The van der Waals surface area contributed by atoms with Crippen molar-refractivity contribution in [3.63, 3.8) is 0 Å². The Morgan fingerprint density at radius 1 is 1.59 bits per heavy atom. The number of carbonyl (C=O) groups excluding carboxylic acids is 1. The van der Waals surface area contributed by atoms with Gasteiger partial charge < -0.3 is 5.73 Å². The molecule has 0 saturated heterocycles. The highest BCUT2D eigenvalue weighted by atomic mass is 32.2. The Hall–Kier alpha value is -2.46. The summed E-state index contributed by atoms with van der Waals surface area (Å²) in [6.45, 7) is 1.53. The zero-order chi connectivity index (χ0) is 16.0. The molecule has 0 aliphatic carbocycles. The maximum absolute atomic E-state index is 12.8. The molecule has 1 aromatic rings. The van der Waals surface area contributed by atoms with Crippen LogP contribution in [0.15, 0.2) is 41.5 Å². The van der Waals surface area contributed by atoms with Crippen LogP contribution in [0.1, 0.15) is 6.92 Å². The van der Waals surface area contributed by atoms with Gasteiger partial charge >= 0.3 is 16.4 Å². The number of primary amides is 1. The second kappa shape index (κ2) is 4.78. The van der Waals surface area contributed by atoms with E-state index in [1.165, 1.54) is 24.3 Å². The van der Waals surface area contributed by atoms with Gasteiger partial charge in [-0.2, -0.15) is 18.5 Å². The predicted octanol–water partition coefficient (Wildman–Crippen LogP) is -0.532. The average molecular weight is 322 g/mol. The van der Waals surface area contributed by atoms with Gasteiger partial charge in [-0.05, 0) is 6.92 Å². The van der Waals surface area contributed by atoms with Gasteiger partial charge in [-0.15, -0.1) is 5.10 Å². The molecule has 2 aliphatic rings. The molecule has 0 saturated carbocycles. The van der Waals surface area contributed by atoms with E-state index in [0.29, 0.717) is 5.69 Å². The minimum atomic E-state index is -3.73. The lowest BCUT2D eigenvalue weighted by Crippen LogP contribution is -2.54. The first-order valence-corrected chi connectivity index (χ1v) is 8.12. The molecule has 1 aromatic heterocycles. The Morgan fingerprint density at radius 3 is 2.95 bits per heavy atom. The first-order valence-electron chi connectivity index (χ1n) is 6.51. The van der Waals surface area contributed by atoms with Crippen LogP contribution >= 0.6 is 0 Å². The van der Waals surface area contributed by atoms with Crippen molar-refractivity contribution in [2.75, 3.05) is 5.75 Å². The van der Waals surface area contributed by atoms with E-state index in [4.69, 9.17) is 5.73 Å². The highest BCUT2D eigenvalue weighted by Gasteiger charge is 2.57. The van der Waals surface area contributed by atoms with Crippen molar-refractivity contribution in [1.82, 2.24) is 19.1 Å². The van der Waals surface area contributed by atoms with Crippen LogP contribution in [0.3, 0.4) is 0 Å². The number of aromatic amines is 1. The lowest BCUT2D eigenvalue weighted by atomic mass is 10.2. The van der Waals surface area contributed by atoms with E-state index in [-0.39, 0.29) is 11.6 Å². The van der Waals surface area contributed by atoms with E-state index >= 15 is 0 Å². The van der Waals surface area contributed by atoms with Gasteiger partial charge in [0.1, 0.15) is 6.20 Å². The Bertz CT molecular complexity index is 795. The van der Waals surface area contributed by atoms with E-state index < -0.39 is 25.9 Å². The standard InChI is InChI=1S/C12H14N6O3S/c1-2-22(20,21)18(9-6-14-15-7-9)8-16-17-10(12(13)19)4-3-5-11(17)18/h3-7,10H,2H2,1H3,(H2,13,19)(H,14,15)/q+1. The van der Waals surface area contributed by atoms with Gasteiger partial charge in [-0.3, -0.25) is 9.89 Å². The largest absolute Gasteiger partial charge is 0.368 e. The predicted molar refractivity (Wildman–Crippen MR) is 79.3 cm³/mol. The van der Waals surface area contributed by atoms with Gasteiger partial charge in [-0.1, -0.05) is 16.0 Å². The van der Waals surface area contributed by atoms with Gasteiger partial charge in [0.2, 0.25) is 5.91 Å². The first-order chi connectivity index (χ1) is 10.4. The summed E-state index contributed by atoms with van der Waals surface area (Å²) in [6, 6.07) is -0.855. The number of amides is 1. The number of hydrazone groups is 1. The number of hydrogen-bond acceptors (Lipinski definition) is 6. The lowest BCUT2D eigenvalue weighted by Gasteiger charge is -2.31. The molecule has 115 valence electrons. The van der Waals surface area contributed by atoms with Crippen molar-refractivity contribution < 1.29 is 13.2 Å². The Kier molecular flexibility index (Phi) is 3.15. The van der Waals surface area contributed by atoms with Crippen molar-refractivity contribution in [2.45, 2.75) is 13.0 Å². The smallest absolute Gasteiger partial charge is 0.359 e. The van der Waals surface area contributed by atoms with E-state index in [0.717, 1.165) is 0 Å². The average Bonchev–Trinajstić information content (AvgIpc) is 3.14. The number of sulfonamides is 1. The monoisotopic (exact) mass is 322 g/mol. The van der Waals surface area contributed by atoms with Gasteiger partial charge in [0.15, 0.2) is 11.7 Å². The fourth-order valence-corrected chi connectivity index (χ4v) is 3.85. The summed E-state index contributed by atoms with van der Waals surface area (Å²) in [5, 5.41) is 11.7. The van der Waals surface area contributed by atoms with Crippen molar-refractivity contribution in [1.29, 1.82) is 0 Å². The molecule has 1 amide bonds. The van der Waals surface area contributed by atoms with Crippen LogP contribution in [-0.2, 0) is 14.8 Å². The van der Waals surface area contributed by atoms with Gasteiger partial charge in [0.25, 0.3) is 5.82 Å². The highest BCUT2D eigenvalue weighted by Crippen LogP contribution is 2.39. The van der Waals surface area contributed by atoms with Crippen LogP contribution in [0, 0.1) is 0 Å². The SMILES string of the molecule is CCS(=O)(=O)[N+]1(c2cn[nH]c2)[C]=NN2C1=CC=CC2C(N)=O. The molecule has 2 unspecified atom stereocenters. The molecule has 3 N–H and O–H groups in total. The third-order valence-corrected chi connectivity index (χ3v) is 5.62. The maximum atomic E-state index is 12.8. The van der Waals surface area contributed by atoms with Gasteiger partial charge in [0, 0.05) is 6.08 Å². The normalized spacial score (nSPS) is 26.9. The highest BCUT2D eigenvalue weighted by molar-refractivity contribution is 7.91. The molecule has 10 heteroatoms. The molecule has 9 nitrogen and oxygen atoms in total. The molecule has 2 aliphatic heterocycles. The van der Waals surface area contributed by atoms with E-state index in [1.54, 1.807) is 18.2 Å². The molecule has 0 fully saturated rings. The van der Waals surface area contributed by atoms with Crippen molar-refractivity contribution in [3.05, 3.63) is 36.4 Å². The summed E-state index contributed by atoms with van der Waals surface area (Å²) in [5.74, 6) is -0.514. The van der Waals surface area contributed by atoms with Crippen molar-refractivity contribution in [3.8, 4) is 0 Å². The number of nitrogens with zero attached hydrogens (tertiary/aromatic N) is 4. The van der Waals surface area contributed by atoms with Crippen LogP contribution in [-0.4, -0.2) is 47.7 Å². The summed E-state index contributed by atoms with van der Waals surface area (Å²) in [4.78, 5) is 11.6. The quantitative estimate of drug-likeness (QED) is 0.722. The summed E-state index contributed by atoms with van der Waals surface area (Å²) in [7, 11) is -3.73.